The molecule has 128 valence electrons. The fourth-order valence-corrected chi connectivity index (χ4v) is 2.98. The van der Waals surface area contributed by atoms with Gasteiger partial charge in [-0.2, -0.15) is 0 Å². The largest absolute Gasteiger partial charge is 0.354 e. The number of aromatic nitrogens is 3. The van der Waals surface area contributed by atoms with Crippen molar-refractivity contribution in [3.05, 3.63) is 42.6 Å². The maximum Gasteiger partial charge on any atom is 0.238 e. The van der Waals surface area contributed by atoms with E-state index in [-0.39, 0.29) is 5.91 Å². The Morgan fingerprint density at radius 3 is 2.76 bits per heavy atom. The van der Waals surface area contributed by atoms with Gasteiger partial charge in [-0.15, -0.1) is 0 Å². The van der Waals surface area contributed by atoms with Crippen molar-refractivity contribution in [1.82, 2.24) is 20.2 Å². The minimum absolute atomic E-state index is 0.0678. The van der Waals surface area contributed by atoms with Crippen LogP contribution >= 0.6 is 0 Å². The van der Waals surface area contributed by atoms with Crippen LogP contribution in [-0.4, -0.2) is 58.8 Å². The van der Waals surface area contributed by atoms with Crippen molar-refractivity contribution in [2.24, 2.45) is 0 Å². The summed E-state index contributed by atoms with van der Waals surface area (Å²) in [6, 6.07) is 11.3. The molecule has 0 spiro atoms. The Balaban J connectivity index is 1.33. The van der Waals surface area contributed by atoms with Crippen molar-refractivity contribution in [1.29, 1.82) is 0 Å². The number of nitrogens with one attached hydrogen (secondary N) is 1. The van der Waals surface area contributed by atoms with Crippen LogP contribution < -0.4 is 10.2 Å². The summed E-state index contributed by atoms with van der Waals surface area (Å²) in [6.45, 7) is 3.69. The summed E-state index contributed by atoms with van der Waals surface area (Å²) in [7, 11) is 0. The maximum atomic E-state index is 12.3. The summed E-state index contributed by atoms with van der Waals surface area (Å²) >= 11 is 0. The number of anilines is 2. The lowest BCUT2D eigenvalue weighted by atomic mass is 10.2. The normalized spacial score (nSPS) is 15.4. The molecule has 1 aromatic carbocycles. The molecular weight excluding hydrogens is 320 g/mol. The van der Waals surface area contributed by atoms with Gasteiger partial charge in [-0.05, 0) is 34.6 Å². The maximum absolute atomic E-state index is 12.3. The SMILES string of the molecule is O=C(CN1CCN(c2ccccn2)CC1)Nc1cccc2nonc12. The van der Waals surface area contributed by atoms with Crippen molar-refractivity contribution >= 4 is 28.4 Å². The zero-order valence-electron chi connectivity index (χ0n) is 13.6. The van der Waals surface area contributed by atoms with Crippen molar-refractivity contribution in [3.8, 4) is 0 Å². The first-order valence-corrected chi connectivity index (χ1v) is 8.19. The molecule has 1 saturated heterocycles. The van der Waals surface area contributed by atoms with Gasteiger partial charge in [0.25, 0.3) is 0 Å². The third-order valence-electron chi connectivity index (χ3n) is 4.27. The molecule has 0 atom stereocenters. The molecule has 3 aromatic rings. The first-order chi connectivity index (χ1) is 12.3. The summed E-state index contributed by atoms with van der Waals surface area (Å²) < 4.78 is 4.72. The van der Waals surface area contributed by atoms with E-state index in [1.807, 2.05) is 24.3 Å². The molecule has 1 aliphatic heterocycles. The van der Waals surface area contributed by atoms with Crippen molar-refractivity contribution in [2.75, 3.05) is 42.9 Å². The summed E-state index contributed by atoms with van der Waals surface area (Å²) in [6.07, 6.45) is 1.80. The Labute approximate surface area is 144 Å². The smallest absolute Gasteiger partial charge is 0.238 e. The minimum Gasteiger partial charge on any atom is -0.354 e. The zero-order chi connectivity index (χ0) is 17.1. The number of piperazine rings is 1. The number of hydrogen-bond acceptors (Lipinski definition) is 7. The average Bonchev–Trinajstić information content (AvgIpc) is 3.13. The molecule has 0 unspecified atom stereocenters. The lowest BCUT2D eigenvalue weighted by Gasteiger charge is -2.34. The first kappa shape index (κ1) is 15.5. The van der Waals surface area contributed by atoms with Crippen LogP contribution in [0.25, 0.3) is 11.0 Å². The van der Waals surface area contributed by atoms with Crippen molar-refractivity contribution < 1.29 is 9.42 Å². The van der Waals surface area contributed by atoms with Crippen LogP contribution in [0.1, 0.15) is 0 Å². The number of pyridine rings is 1. The van der Waals surface area contributed by atoms with Gasteiger partial charge >= 0.3 is 0 Å². The predicted molar refractivity (Wildman–Crippen MR) is 93.3 cm³/mol. The Bertz CT molecular complexity index is 858. The molecule has 3 heterocycles. The predicted octanol–water partition coefficient (Wildman–Crippen LogP) is 1.38. The van der Waals surface area contributed by atoms with Gasteiger partial charge in [-0.25, -0.2) is 9.61 Å². The number of carbonyl (C=O) groups is 1. The van der Waals surface area contributed by atoms with Crippen LogP contribution in [0.2, 0.25) is 0 Å². The van der Waals surface area contributed by atoms with Gasteiger partial charge in [0.2, 0.25) is 5.91 Å². The monoisotopic (exact) mass is 338 g/mol. The van der Waals surface area contributed by atoms with Gasteiger partial charge in [-0.3, -0.25) is 9.69 Å². The molecule has 1 amide bonds. The van der Waals surface area contributed by atoms with Gasteiger partial charge in [-0.1, -0.05) is 12.1 Å². The molecule has 4 rings (SSSR count). The zero-order valence-corrected chi connectivity index (χ0v) is 13.6. The summed E-state index contributed by atoms with van der Waals surface area (Å²) in [5.41, 5.74) is 1.81. The van der Waals surface area contributed by atoms with Gasteiger partial charge < -0.3 is 10.2 Å². The number of hydrogen-bond donors (Lipinski definition) is 1. The third-order valence-corrected chi connectivity index (χ3v) is 4.27. The van der Waals surface area contributed by atoms with Crippen LogP contribution in [-0.2, 0) is 4.79 Å². The van der Waals surface area contributed by atoms with Crippen LogP contribution in [0.3, 0.4) is 0 Å². The Kier molecular flexibility index (Phi) is 4.26. The van der Waals surface area contributed by atoms with E-state index in [1.165, 1.54) is 0 Å². The molecule has 0 radical (unpaired) electrons. The van der Waals surface area contributed by atoms with Crippen molar-refractivity contribution in [2.45, 2.75) is 0 Å². The van der Waals surface area contributed by atoms with Crippen LogP contribution in [0.5, 0.6) is 0 Å². The quantitative estimate of drug-likeness (QED) is 0.769. The number of nitrogens with zero attached hydrogens (tertiary/aromatic N) is 5. The highest BCUT2D eigenvalue weighted by molar-refractivity contribution is 5.99. The lowest BCUT2D eigenvalue weighted by molar-refractivity contribution is -0.117. The Morgan fingerprint density at radius 2 is 1.96 bits per heavy atom. The molecule has 0 saturated carbocycles. The molecule has 1 N–H and O–H groups in total. The molecule has 8 nitrogen and oxygen atoms in total. The van der Waals surface area contributed by atoms with Crippen LogP contribution in [0.4, 0.5) is 11.5 Å². The Morgan fingerprint density at radius 1 is 1.08 bits per heavy atom. The highest BCUT2D eigenvalue weighted by atomic mass is 16.6. The lowest BCUT2D eigenvalue weighted by Crippen LogP contribution is -2.48. The van der Waals surface area contributed by atoms with E-state index in [0.29, 0.717) is 23.3 Å². The van der Waals surface area contributed by atoms with E-state index in [4.69, 9.17) is 4.63 Å². The summed E-state index contributed by atoms with van der Waals surface area (Å²) in [4.78, 5) is 21.1. The van der Waals surface area contributed by atoms with Crippen LogP contribution in [0, 0.1) is 0 Å². The fourth-order valence-electron chi connectivity index (χ4n) is 2.98. The standard InChI is InChI=1S/C17H18N6O2/c24-16(19-13-4-3-5-14-17(13)21-25-20-14)12-22-8-10-23(11-9-22)15-6-1-2-7-18-15/h1-7H,8-12H2,(H,19,24). The molecule has 1 aliphatic rings. The minimum atomic E-state index is -0.0678. The Hall–Kier alpha value is -3.00. The molecule has 0 aliphatic carbocycles. The highest BCUT2D eigenvalue weighted by Crippen LogP contribution is 2.19. The second-order valence-electron chi connectivity index (χ2n) is 5.94. The number of fused-ring (bicyclic) bond motifs is 1. The number of amides is 1. The number of carbonyl (C=O) groups excluding carboxylic acids is 1. The van der Waals surface area contributed by atoms with E-state index < -0.39 is 0 Å². The number of benzene rings is 1. The molecule has 0 bridgehead atoms. The fraction of sp³-hybridized carbons (Fsp3) is 0.294. The molecule has 25 heavy (non-hydrogen) atoms. The topological polar surface area (TPSA) is 87.4 Å². The third kappa shape index (κ3) is 3.43. The van der Waals surface area contributed by atoms with Gasteiger partial charge in [0.15, 0.2) is 5.52 Å². The first-order valence-electron chi connectivity index (χ1n) is 8.19. The van der Waals surface area contributed by atoms with Gasteiger partial charge in [0.05, 0.1) is 12.2 Å². The van der Waals surface area contributed by atoms with Gasteiger partial charge in [0, 0.05) is 32.4 Å². The van der Waals surface area contributed by atoms with E-state index in [2.05, 4.69) is 30.4 Å². The molecule has 8 heteroatoms. The van der Waals surface area contributed by atoms with E-state index in [9.17, 15) is 4.79 Å². The summed E-state index contributed by atoms with van der Waals surface area (Å²) in [5.74, 6) is 0.915. The molecule has 2 aromatic heterocycles. The van der Waals surface area contributed by atoms with Gasteiger partial charge in [0.1, 0.15) is 11.3 Å². The van der Waals surface area contributed by atoms with Crippen LogP contribution in [0.15, 0.2) is 47.2 Å². The molecule has 1 fully saturated rings. The van der Waals surface area contributed by atoms with E-state index in [0.717, 1.165) is 32.0 Å². The highest BCUT2D eigenvalue weighted by Gasteiger charge is 2.20. The summed E-state index contributed by atoms with van der Waals surface area (Å²) in [5, 5.41) is 10.5. The number of rotatable bonds is 4. The second kappa shape index (κ2) is 6.86. The van der Waals surface area contributed by atoms with Crippen molar-refractivity contribution in [3.63, 3.8) is 0 Å². The molecular formula is C17H18N6O2. The van der Waals surface area contributed by atoms with E-state index >= 15 is 0 Å². The van der Waals surface area contributed by atoms with E-state index in [1.54, 1.807) is 18.3 Å². The average molecular weight is 338 g/mol. The second-order valence-corrected chi connectivity index (χ2v) is 5.94.